The molecule has 1 saturated heterocycles. The largest absolute Gasteiger partial charge is 0.380 e. The molecule has 1 fully saturated rings. The predicted molar refractivity (Wildman–Crippen MR) is 65.4 cm³/mol. The van der Waals surface area contributed by atoms with E-state index in [-0.39, 0.29) is 6.04 Å². The van der Waals surface area contributed by atoms with Gasteiger partial charge in [0.2, 0.25) is 0 Å². The first-order valence-electron chi connectivity index (χ1n) is 6.15. The normalized spacial score (nSPS) is 23.7. The molecule has 96 valence electrons. The first-order valence-corrected chi connectivity index (χ1v) is 7.98. The van der Waals surface area contributed by atoms with Crippen molar-refractivity contribution in [3.63, 3.8) is 0 Å². The summed E-state index contributed by atoms with van der Waals surface area (Å²) in [5.41, 5.74) is 0. The molecule has 4 nitrogen and oxygen atoms in total. The molecular weight excluding hydrogens is 226 g/mol. The van der Waals surface area contributed by atoms with Crippen molar-refractivity contribution < 1.29 is 13.2 Å². The molecule has 16 heavy (non-hydrogen) atoms. The van der Waals surface area contributed by atoms with Crippen LogP contribution in [0.5, 0.6) is 0 Å². The fourth-order valence-corrected chi connectivity index (χ4v) is 3.56. The monoisotopic (exact) mass is 249 g/mol. The van der Waals surface area contributed by atoms with E-state index in [1.807, 2.05) is 0 Å². The Morgan fingerprint density at radius 2 is 2.12 bits per heavy atom. The second-order valence-corrected chi connectivity index (χ2v) is 6.60. The number of hydrogen-bond acceptors (Lipinski definition) is 4. The molecule has 0 aromatic rings. The van der Waals surface area contributed by atoms with E-state index in [1.54, 1.807) is 0 Å². The minimum absolute atomic E-state index is 0.143. The molecule has 0 amide bonds. The summed E-state index contributed by atoms with van der Waals surface area (Å²) in [5.74, 6) is 0.630. The SMILES string of the molecule is CCCCCOCCNC1CCS(=O)(=O)C1. The van der Waals surface area contributed by atoms with Crippen LogP contribution >= 0.6 is 0 Å². The van der Waals surface area contributed by atoms with Crippen LogP contribution in [0, 0.1) is 0 Å². The minimum atomic E-state index is -2.75. The molecule has 0 aromatic carbocycles. The molecule has 1 aliphatic heterocycles. The van der Waals surface area contributed by atoms with E-state index in [1.165, 1.54) is 12.8 Å². The van der Waals surface area contributed by atoms with E-state index in [4.69, 9.17) is 4.74 Å². The summed E-state index contributed by atoms with van der Waals surface area (Å²) in [5, 5.41) is 3.22. The molecule has 5 heteroatoms. The Hall–Kier alpha value is -0.130. The van der Waals surface area contributed by atoms with Crippen molar-refractivity contribution in [3.8, 4) is 0 Å². The quantitative estimate of drug-likeness (QED) is 0.651. The Morgan fingerprint density at radius 3 is 2.75 bits per heavy atom. The fourth-order valence-electron chi connectivity index (χ4n) is 1.85. The van der Waals surface area contributed by atoms with Gasteiger partial charge in [0, 0.05) is 19.2 Å². The summed E-state index contributed by atoms with van der Waals surface area (Å²) >= 11 is 0. The van der Waals surface area contributed by atoms with E-state index >= 15 is 0 Å². The van der Waals surface area contributed by atoms with Crippen molar-refractivity contribution in [1.29, 1.82) is 0 Å². The summed E-state index contributed by atoms with van der Waals surface area (Å²) in [6.07, 6.45) is 4.29. The van der Waals surface area contributed by atoms with E-state index in [0.29, 0.717) is 18.1 Å². The Bertz CT molecular complexity index is 277. The van der Waals surface area contributed by atoms with Gasteiger partial charge in [-0.25, -0.2) is 8.42 Å². The summed E-state index contributed by atoms with van der Waals surface area (Å²) < 4.78 is 27.8. The van der Waals surface area contributed by atoms with Crippen LogP contribution in [0.15, 0.2) is 0 Å². The highest BCUT2D eigenvalue weighted by Crippen LogP contribution is 2.10. The van der Waals surface area contributed by atoms with Crippen molar-refractivity contribution in [2.24, 2.45) is 0 Å². The molecular formula is C11H23NO3S. The molecule has 0 bridgehead atoms. The average molecular weight is 249 g/mol. The first-order chi connectivity index (χ1) is 7.64. The maximum Gasteiger partial charge on any atom is 0.151 e. The van der Waals surface area contributed by atoms with E-state index < -0.39 is 9.84 Å². The van der Waals surface area contributed by atoms with Gasteiger partial charge in [0.05, 0.1) is 18.1 Å². The highest BCUT2D eigenvalue weighted by molar-refractivity contribution is 7.91. The van der Waals surface area contributed by atoms with Gasteiger partial charge in [0.1, 0.15) is 0 Å². The number of ether oxygens (including phenoxy) is 1. The van der Waals surface area contributed by atoms with Gasteiger partial charge >= 0.3 is 0 Å². The van der Waals surface area contributed by atoms with Gasteiger partial charge in [-0.2, -0.15) is 0 Å². The van der Waals surface area contributed by atoms with Crippen LogP contribution in [0.1, 0.15) is 32.6 Å². The first kappa shape index (κ1) is 13.9. The maximum absolute atomic E-state index is 11.2. The van der Waals surface area contributed by atoms with Gasteiger partial charge in [-0.1, -0.05) is 19.8 Å². The molecule has 0 aliphatic carbocycles. The minimum Gasteiger partial charge on any atom is -0.380 e. The van der Waals surface area contributed by atoms with Crippen molar-refractivity contribution in [2.45, 2.75) is 38.6 Å². The lowest BCUT2D eigenvalue weighted by Crippen LogP contribution is -2.32. The van der Waals surface area contributed by atoms with Crippen LogP contribution < -0.4 is 5.32 Å². The van der Waals surface area contributed by atoms with Gasteiger partial charge in [0.25, 0.3) is 0 Å². The predicted octanol–water partition coefficient (Wildman–Crippen LogP) is 0.970. The maximum atomic E-state index is 11.2. The molecule has 1 unspecified atom stereocenters. The number of hydrogen-bond donors (Lipinski definition) is 1. The smallest absolute Gasteiger partial charge is 0.151 e. The van der Waals surface area contributed by atoms with E-state index in [2.05, 4.69) is 12.2 Å². The molecule has 1 atom stereocenters. The summed E-state index contributed by atoms with van der Waals surface area (Å²) in [6.45, 7) is 4.42. The Labute approximate surface area is 98.7 Å². The molecule has 1 aliphatic rings. The molecule has 0 saturated carbocycles. The zero-order valence-corrected chi connectivity index (χ0v) is 10.9. The fraction of sp³-hybridized carbons (Fsp3) is 1.00. The number of rotatable bonds is 8. The average Bonchev–Trinajstić information content (AvgIpc) is 2.57. The Kier molecular flexibility index (Phi) is 6.31. The topological polar surface area (TPSA) is 55.4 Å². The van der Waals surface area contributed by atoms with Crippen LogP contribution in [0.3, 0.4) is 0 Å². The number of unbranched alkanes of at least 4 members (excludes halogenated alkanes) is 2. The third-order valence-corrected chi connectivity index (χ3v) is 4.57. The second kappa shape index (κ2) is 7.25. The van der Waals surface area contributed by atoms with Crippen molar-refractivity contribution in [1.82, 2.24) is 5.32 Å². The van der Waals surface area contributed by atoms with E-state index in [9.17, 15) is 8.42 Å². The molecule has 1 N–H and O–H groups in total. The standard InChI is InChI=1S/C11H23NO3S/c1-2-3-4-7-15-8-6-12-11-5-9-16(13,14)10-11/h11-12H,2-10H2,1H3. The van der Waals surface area contributed by atoms with Gasteiger partial charge in [0.15, 0.2) is 9.84 Å². The Balaban J connectivity index is 1.92. The molecule has 0 aromatic heterocycles. The number of nitrogens with one attached hydrogen (secondary N) is 1. The third-order valence-electron chi connectivity index (χ3n) is 2.80. The summed E-state index contributed by atoms with van der Waals surface area (Å²) in [4.78, 5) is 0. The second-order valence-electron chi connectivity index (χ2n) is 4.37. The summed E-state index contributed by atoms with van der Waals surface area (Å²) in [7, 11) is -2.75. The zero-order chi connectivity index (χ0) is 11.9. The lowest BCUT2D eigenvalue weighted by Gasteiger charge is -2.10. The number of sulfone groups is 1. The van der Waals surface area contributed by atoms with Crippen LogP contribution in [0.4, 0.5) is 0 Å². The van der Waals surface area contributed by atoms with E-state index in [0.717, 1.165) is 26.0 Å². The van der Waals surface area contributed by atoms with Crippen molar-refractivity contribution in [2.75, 3.05) is 31.3 Å². The van der Waals surface area contributed by atoms with Crippen LogP contribution in [0.25, 0.3) is 0 Å². The highest BCUT2D eigenvalue weighted by Gasteiger charge is 2.26. The lowest BCUT2D eigenvalue weighted by atomic mass is 10.2. The van der Waals surface area contributed by atoms with Crippen LogP contribution in [-0.4, -0.2) is 45.7 Å². The molecule has 1 rings (SSSR count). The molecule has 0 radical (unpaired) electrons. The van der Waals surface area contributed by atoms with Gasteiger partial charge in [-0.15, -0.1) is 0 Å². The van der Waals surface area contributed by atoms with Crippen LogP contribution in [0.2, 0.25) is 0 Å². The van der Waals surface area contributed by atoms with Crippen molar-refractivity contribution >= 4 is 9.84 Å². The molecule has 1 heterocycles. The van der Waals surface area contributed by atoms with Crippen LogP contribution in [-0.2, 0) is 14.6 Å². The zero-order valence-electron chi connectivity index (χ0n) is 10.1. The van der Waals surface area contributed by atoms with Gasteiger partial charge in [-0.3, -0.25) is 0 Å². The van der Waals surface area contributed by atoms with Crippen molar-refractivity contribution in [3.05, 3.63) is 0 Å². The van der Waals surface area contributed by atoms with Gasteiger partial charge < -0.3 is 10.1 Å². The molecule has 0 spiro atoms. The van der Waals surface area contributed by atoms with Gasteiger partial charge in [-0.05, 0) is 12.8 Å². The summed E-state index contributed by atoms with van der Waals surface area (Å²) in [6, 6.07) is 0.143. The third kappa shape index (κ3) is 5.82. The lowest BCUT2D eigenvalue weighted by molar-refractivity contribution is 0.130. The Morgan fingerprint density at radius 1 is 1.31 bits per heavy atom. The highest BCUT2D eigenvalue weighted by atomic mass is 32.2.